The van der Waals surface area contributed by atoms with Crippen molar-refractivity contribution in [3.05, 3.63) is 140 Å². The predicted octanol–water partition coefficient (Wildman–Crippen LogP) is 11.0. The van der Waals surface area contributed by atoms with Crippen molar-refractivity contribution in [2.24, 2.45) is 0 Å². The van der Waals surface area contributed by atoms with E-state index in [1.54, 1.807) is 6.07 Å². The van der Waals surface area contributed by atoms with Crippen LogP contribution in [-0.4, -0.2) is 23.8 Å². The monoisotopic (exact) mass is 632 g/mol. The van der Waals surface area contributed by atoms with Crippen molar-refractivity contribution in [1.82, 2.24) is 18.7 Å². The second kappa shape index (κ2) is 10.4. The molecule has 0 fully saturated rings. The fourth-order valence-electron chi connectivity index (χ4n) is 7.14. The third-order valence-electron chi connectivity index (χ3n) is 9.45. The zero-order valence-corrected chi connectivity index (χ0v) is 26.2. The lowest BCUT2D eigenvalue weighted by Crippen LogP contribution is -1.92. The number of hydrogen-bond acceptors (Lipinski definition) is 6. The van der Waals surface area contributed by atoms with Gasteiger partial charge in [0.25, 0.3) is 0 Å². The lowest BCUT2D eigenvalue weighted by atomic mass is 9.91. The van der Waals surface area contributed by atoms with Crippen LogP contribution in [0.25, 0.3) is 98.8 Å². The molecule has 10 rings (SSSR count). The summed E-state index contributed by atoms with van der Waals surface area (Å²) in [6.45, 7) is 0. The summed E-state index contributed by atoms with van der Waals surface area (Å²) in [7, 11) is 0. The first-order valence-corrected chi connectivity index (χ1v) is 16.5. The van der Waals surface area contributed by atoms with Gasteiger partial charge in [0.1, 0.15) is 16.8 Å². The van der Waals surface area contributed by atoms with Gasteiger partial charge in [-0.2, -0.15) is 8.75 Å². The van der Waals surface area contributed by atoms with Gasteiger partial charge in [-0.25, -0.2) is 9.97 Å². The second-order valence-electron chi connectivity index (χ2n) is 12.1. The van der Waals surface area contributed by atoms with Crippen LogP contribution in [0.4, 0.5) is 0 Å². The molecular weight excluding hydrogens is 609 g/mol. The van der Waals surface area contributed by atoms with E-state index in [1.807, 2.05) is 36.4 Å². The van der Waals surface area contributed by atoms with Crippen LogP contribution in [0.5, 0.6) is 5.75 Å². The smallest absolute Gasteiger partial charge is 0.124 e. The Morgan fingerprint density at radius 1 is 0.396 bits per heavy atom. The first kappa shape index (κ1) is 26.9. The minimum atomic E-state index is 0.199. The number of rotatable bonds is 3. The third-order valence-corrected chi connectivity index (χ3v) is 9.97. The SMILES string of the molecule is Oc1ccccc1-c1ccc2ccc3ccc(-c4ccc(-c5ccc6c7ccccc7c7ccccc7c6c5)c5nsnc45)nc3c2n1. The van der Waals surface area contributed by atoms with Crippen LogP contribution in [0.2, 0.25) is 0 Å². The lowest BCUT2D eigenvalue weighted by Gasteiger charge is -2.13. The summed E-state index contributed by atoms with van der Waals surface area (Å²) in [5.74, 6) is 0.199. The average molecular weight is 633 g/mol. The van der Waals surface area contributed by atoms with Crippen molar-refractivity contribution in [3.63, 3.8) is 0 Å². The van der Waals surface area contributed by atoms with Crippen LogP contribution >= 0.6 is 11.7 Å². The Balaban J connectivity index is 1.14. The van der Waals surface area contributed by atoms with Crippen molar-refractivity contribution in [3.8, 4) is 39.4 Å². The minimum absolute atomic E-state index is 0.199. The van der Waals surface area contributed by atoms with Gasteiger partial charge in [0.2, 0.25) is 0 Å². The molecule has 6 heteroatoms. The van der Waals surface area contributed by atoms with Gasteiger partial charge < -0.3 is 5.11 Å². The molecule has 0 saturated carbocycles. The molecule has 0 aliphatic heterocycles. The van der Waals surface area contributed by atoms with Crippen LogP contribution in [-0.2, 0) is 0 Å². The van der Waals surface area contributed by atoms with E-state index in [4.69, 9.17) is 18.7 Å². The van der Waals surface area contributed by atoms with E-state index in [-0.39, 0.29) is 5.75 Å². The summed E-state index contributed by atoms with van der Waals surface area (Å²) >= 11 is 1.22. The fourth-order valence-corrected chi connectivity index (χ4v) is 7.71. The number of aromatic nitrogens is 4. The number of fused-ring (bicyclic) bond motifs is 10. The first-order chi connectivity index (χ1) is 23.7. The molecule has 1 N–H and O–H groups in total. The molecule has 224 valence electrons. The number of phenolic OH excluding ortho intramolecular Hbond substituents is 1. The molecule has 0 spiro atoms. The maximum absolute atomic E-state index is 10.5. The predicted molar refractivity (Wildman–Crippen MR) is 199 cm³/mol. The molecule has 7 aromatic carbocycles. The van der Waals surface area contributed by atoms with Crippen LogP contribution in [0.3, 0.4) is 0 Å². The number of para-hydroxylation sites is 1. The number of benzene rings is 7. The topological polar surface area (TPSA) is 71.8 Å². The highest BCUT2D eigenvalue weighted by molar-refractivity contribution is 7.00. The van der Waals surface area contributed by atoms with Gasteiger partial charge in [0.05, 0.1) is 34.1 Å². The largest absolute Gasteiger partial charge is 0.507 e. The van der Waals surface area contributed by atoms with Crippen molar-refractivity contribution in [2.75, 3.05) is 0 Å². The molecule has 3 aromatic heterocycles. The summed E-state index contributed by atoms with van der Waals surface area (Å²) in [5.41, 5.74) is 8.55. The van der Waals surface area contributed by atoms with Crippen molar-refractivity contribution in [1.29, 1.82) is 0 Å². The van der Waals surface area contributed by atoms with E-state index in [0.29, 0.717) is 11.3 Å². The molecule has 3 heterocycles. The van der Waals surface area contributed by atoms with Gasteiger partial charge in [-0.1, -0.05) is 103 Å². The van der Waals surface area contributed by atoms with Crippen molar-refractivity contribution < 1.29 is 5.11 Å². The third kappa shape index (κ3) is 4.03. The maximum Gasteiger partial charge on any atom is 0.124 e. The molecular formula is C42H24N4OS. The highest BCUT2D eigenvalue weighted by Crippen LogP contribution is 2.40. The lowest BCUT2D eigenvalue weighted by molar-refractivity contribution is 0.477. The Morgan fingerprint density at radius 3 is 1.54 bits per heavy atom. The molecule has 0 aliphatic rings. The molecule has 0 unspecified atom stereocenters. The van der Waals surface area contributed by atoms with Gasteiger partial charge in [-0.05, 0) is 74.3 Å². The molecule has 0 aliphatic carbocycles. The minimum Gasteiger partial charge on any atom is -0.507 e. The first-order valence-electron chi connectivity index (χ1n) is 15.8. The van der Waals surface area contributed by atoms with Gasteiger partial charge in [-0.3, -0.25) is 0 Å². The molecule has 48 heavy (non-hydrogen) atoms. The Bertz CT molecular complexity index is 2900. The highest BCUT2D eigenvalue weighted by atomic mass is 32.1. The molecule has 5 nitrogen and oxygen atoms in total. The Kier molecular flexibility index (Phi) is 5.83. The van der Waals surface area contributed by atoms with E-state index in [1.165, 1.54) is 44.0 Å². The number of aromatic hydroxyl groups is 1. The van der Waals surface area contributed by atoms with Crippen LogP contribution < -0.4 is 0 Å². The summed E-state index contributed by atoms with van der Waals surface area (Å²) in [6, 6.07) is 47.8. The van der Waals surface area contributed by atoms with E-state index in [0.717, 1.165) is 55.2 Å². The van der Waals surface area contributed by atoms with Gasteiger partial charge >= 0.3 is 0 Å². The van der Waals surface area contributed by atoms with E-state index < -0.39 is 0 Å². The zero-order chi connectivity index (χ0) is 31.8. The Morgan fingerprint density at radius 2 is 0.896 bits per heavy atom. The zero-order valence-electron chi connectivity index (χ0n) is 25.4. The maximum atomic E-state index is 10.5. The normalized spacial score (nSPS) is 11.8. The quantitative estimate of drug-likeness (QED) is 0.196. The summed E-state index contributed by atoms with van der Waals surface area (Å²) < 4.78 is 9.59. The van der Waals surface area contributed by atoms with Crippen molar-refractivity contribution in [2.45, 2.75) is 0 Å². The number of hydrogen-bond donors (Lipinski definition) is 1. The molecule has 10 aromatic rings. The van der Waals surface area contributed by atoms with E-state index in [2.05, 4.69) is 97.1 Å². The van der Waals surface area contributed by atoms with Crippen LogP contribution in [0.15, 0.2) is 140 Å². The number of pyridine rings is 2. The molecule has 0 saturated heterocycles. The highest BCUT2D eigenvalue weighted by Gasteiger charge is 2.17. The van der Waals surface area contributed by atoms with E-state index in [9.17, 15) is 5.11 Å². The summed E-state index contributed by atoms with van der Waals surface area (Å²) in [6.07, 6.45) is 0. The Labute approximate surface area is 278 Å². The van der Waals surface area contributed by atoms with Crippen LogP contribution in [0.1, 0.15) is 0 Å². The van der Waals surface area contributed by atoms with E-state index >= 15 is 0 Å². The molecule has 0 radical (unpaired) electrons. The van der Waals surface area contributed by atoms with Crippen molar-refractivity contribution >= 4 is 76.9 Å². The van der Waals surface area contributed by atoms with Gasteiger partial charge in [0.15, 0.2) is 0 Å². The summed E-state index contributed by atoms with van der Waals surface area (Å²) in [4.78, 5) is 10.2. The molecule has 0 amide bonds. The fraction of sp³-hybridized carbons (Fsp3) is 0. The standard InChI is InChI=1S/C42H24N4OS/c47-38-12-6-5-11-33(38)36-21-16-24-13-14-25-17-22-37(44-40(25)39(24)43-36)34-20-19-27(41-42(34)46-48-45-41)26-15-18-32-30-9-2-1-7-28(30)29-8-3-4-10-31(29)35(32)23-26/h1-23,47H. The number of phenols is 1. The summed E-state index contributed by atoms with van der Waals surface area (Å²) in [5, 5.41) is 20.0. The Hall–Kier alpha value is -6.24. The molecule has 0 atom stereocenters. The van der Waals surface area contributed by atoms with Gasteiger partial charge in [-0.15, -0.1) is 0 Å². The van der Waals surface area contributed by atoms with Gasteiger partial charge in [0, 0.05) is 27.5 Å². The second-order valence-corrected chi connectivity index (χ2v) is 12.6. The van der Waals surface area contributed by atoms with Crippen LogP contribution in [0, 0.1) is 0 Å². The number of nitrogens with zero attached hydrogens (tertiary/aromatic N) is 4. The molecule has 0 bridgehead atoms. The average Bonchev–Trinajstić information content (AvgIpc) is 3.65.